The molecule has 27 heavy (non-hydrogen) atoms. The van der Waals surface area contributed by atoms with E-state index < -0.39 is 15.3 Å². The molecule has 1 aromatic carbocycles. The van der Waals surface area contributed by atoms with Crippen molar-refractivity contribution in [3.05, 3.63) is 53.4 Å². The molecule has 142 valence electrons. The van der Waals surface area contributed by atoms with Crippen molar-refractivity contribution in [2.75, 3.05) is 0 Å². The van der Waals surface area contributed by atoms with Crippen molar-refractivity contribution < 1.29 is 13.2 Å². The van der Waals surface area contributed by atoms with E-state index in [9.17, 15) is 13.2 Å². The van der Waals surface area contributed by atoms with E-state index in [0.717, 1.165) is 49.0 Å². The molecule has 2 fully saturated rings. The molecule has 0 spiro atoms. The minimum atomic E-state index is -3.81. The summed E-state index contributed by atoms with van der Waals surface area (Å²) in [7, 11) is -3.81. The van der Waals surface area contributed by atoms with Gasteiger partial charge >= 0.3 is 0 Å². The van der Waals surface area contributed by atoms with Gasteiger partial charge in [-0.3, -0.25) is 9.69 Å². The fourth-order valence-electron chi connectivity index (χ4n) is 3.57. The predicted octanol–water partition coefficient (Wildman–Crippen LogP) is 4.44. The largest absolute Gasteiger partial charge is 0.294 e. The van der Waals surface area contributed by atoms with Crippen LogP contribution in [0.25, 0.3) is 0 Å². The van der Waals surface area contributed by atoms with E-state index in [1.807, 2.05) is 30.3 Å². The van der Waals surface area contributed by atoms with Crippen LogP contribution < -0.4 is 0 Å². The minimum Gasteiger partial charge on any atom is -0.286 e. The molecule has 1 amide bonds. The third-order valence-electron chi connectivity index (χ3n) is 4.88. The van der Waals surface area contributed by atoms with Gasteiger partial charge in [0.1, 0.15) is 9.46 Å². The predicted molar refractivity (Wildman–Crippen MR) is 109 cm³/mol. The zero-order valence-electron chi connectivity index (χ0n) is 14.7. The van der Waals surface area contributed by atoms with Gasteiger partial charge in [0, 0.05) is 6.04 Å². The van der Waals surface area contributed by atoms with Crippen molar-refractivity contribution in [2.45, 2.75) is 47.6 Å². The van der Waals surface area contributed by atoms with Crippen LogP contribution in [0.1, 0.15) is 42.9 Å². The lowest BCUT2D eigenvalue weighted by atomic mass is 9.94. The van der Waals surface area contributed by atoms with Crippen LogP contribution in [0.3, 0.4) is 0 Å². The summed E-state index contributed by atoms with van der Waals surface area (Å²) in [6, 6.07) is 12.8. The maximum Gasteiger partial charge on any atom is 0.294 e. The van der Waals surface area contributed by atoms with Crippen LogP contribution in [0.4, 0.5) is 0 Å². The van der Waals surface area contributed by atoms with Crippen molar-refractivity contribution in [1.82, 2.24) is 4.90 Å². The lowest BCUT2D eigenvalue weighted by Crippen LogP contribution is -2.41. The molecule has 0 bridgehead atoms. The fourth-order valence-corrected chi connectivity index (χ4v) is 6.96. The highest BCUT2D eigenvalue weighted by atomic mass is 32.2. The summed E-state index contributed by atoms with van der Waals surface area (Å²) in [5.41, 5.74) is 0.882. The summed E-state index contributed by atoms with van der Waals surface area (Å²) < 4.78 is 29.7. The van der Waals surface area contributed by atoms with E-state index >= 15 is 0 Å². The first-order valence-corrected chi connectivity index (χ1v) is 12.2. The molecule has 1 unspecified atom stereocenters. The Morgan fingerprint density at radius 1 is 1.00 bits per heavy atom. The van der Waals surface area contributed by atoms with E-state index in [1.165, 1.54) is 11.8 Å². The van der Waals surface area contributed by atoms with Gasteiger partial charge in [-0.25, -0.2) is 0 Å². The number of nitrogens with zero attached hydrogens (tertiary/aromatic N) is 2. The second-order valence-corrected chi connectivity index (χ2v) is 10.5. The molecule has 1 atom stereocenters. The summed E-state index contributed by atoms with van der Waals surface area (Å²) >= 11 is 2.39. The van der Waals surface area contributed by atoms with Gasteiger partial charge in [-0.2, -0.15) is 8.42 Å². The van der Waals surface area contributed by atoms with Crippen LogP contribution in [0, 0.1) is 0 Å². The molecule has 0 radical (unpaired) electrons. The van der Waals surface area contributed by atoms with Crippen molar-refractivity contribution >= 4 is 44.2 Å². The third-order valence-corrected chi connectivity index (χ3v) is 8.84. The summed E-state index contributed by atoms with van der Waals surface area (Å²) in [6.07, 6.45) is 5.06. The zero-order chi connectivity index (χ0) is 18.9. The summed E-state index contributed by atoms with van der Waals surface area (Å²) in [4.78, 5) is 14.9. The number of sulfonamides is 1. The number of hydrogen-bond donors (Lipinski definition) is 0. The number of benzene rings is 1. The topological polar surface area (TPSA) is 66.8 Å². The normalized spacial score (nSPS) is 23.3. The highest BCUT2D eigenvalue weighted by Gasteiger charge is 2.43. The van der Waals surface area contributed by atoms with Crippen LogP contribution in [0.5, 0.6) is 0 Å². The van der Waals surface area contributed by atoms with Gasteiger partial charge < -0.3 is 0 Å². The Morgan fingerprint density at radius 2 is 1.74 bits per heavy atom. The van der Waals surface area contributed by atoms with Crippen LogP contribution >= 0.6 is 23.1 Å². The van der Waals surface area contributed by atoms with Gasteiger partial charge in [0.05, 0.1) is 0 Å². The molecule has 2 aromatic rings. The van der Waals surface area contributed by atoms with Gasteiger partial charge in [0.2, 0.25) is 5.91 Å². The van der Waals surface area contributed by atoms with Crippen LogP contribution in [-0.2, 0) is 14.8 Å². The maximum atomic E-state index is 13.2. The molecule has 1 aromatic heterocycles. The lowest BCUT2D eigenvalue weighted by Gasteiger charge is -2.30. The van der Waals surface area contributed by atoms with Crippen molar-refractivity contribution in [3.8, 4) is 0 Å². The molecule has 0 N–H and O–H groups in total. The summed E-state index contributed by atoms with van der Waals surface area (Å²) in [5.74, 6) is -0.0572. The second kappa shape index (κ2) is 7.77. The van der Waals surface area contributed by atoms with Crippen molar-refractivity contribution in [3.63, 3.8) is 0 Å². The number of carbonyl (C=O) groups is 1. The summed E-state index contributed by atoms with van der Waals surface area (Å²) in [5, 5.41) is 1.59. The van der Waals surface area contributed by atoms with E-state index in [2.05, 4.69) is 4.40 Å². The molecular weight excluding hydrogens is 400 g/mol. The van der Waals surface area contributed by atoms with Gasteiger partial charge in [-0.05, 0) is 29.9 Å². The van der Waals surface area contributed by atoms with Gasteiger partial charge in [-0.15, -0.1) is 15.7 Å². The molecule has 1 aliphatic carbocycles. The monoisotopic (exact) mass is 420 g/mol. The van der Waals surface area contributed by atoms with Crippen molar-refractivity contribution in [2.24, 2.45) is 4.40 Å². The maximum absolute atomic E-state index is 13.2. The number of rotatable bonds is 4. The fraction of sp³-hybridized carbons (Fsp3) is 0.368. The molecule has 8 heteroatoms. The van der Waals surface area contributed by atoms with E-state index in [-0.39, 0.29) is 16.2 Å². The molecule has 1 aliphatic heterocycles. The first-order valence-electron chi connectivity index (χ1n) is 8.99. The molecule has 1 saturated heterocycles. The van der Waals surface area contributed by atoms with E-state index in [4.69, 9.17) is 0 Å². The summed E-state index contributed by atoms with van der Waals surface area (Å²) in [6.45, 7) is 0. The number of amides is 1. The van der Waals surface area contributed by atoms with Gasteiger partial charge in [-0.1, -0.05) is 67.4 Å². The average molecular weight is 421 g/mol. The lowest BCUT2D eigenvalue weighted by molar-refractivity contribution is -0.128. The van der Waals surface area contributed by atoms with Crippen LogP contribution in [0.15, 0.2) is 56.5 Å². The van der Waals surface area contributed by atoms with E-state index in [1.54, 1.807) is 22.4 Å². The average Bonchev–Trinajstić information content (AvgIpc) is 3.32. The SMILES string of the molecule is O=C1C(c2ccccc2)S/C(=N/S(=O)(=O)c2cccs2)N1C1CCCCC1. The highest BCUT2D eigenvalue weighted by Crippen LogP contribution is 2.43. The first kappa shape index (κ1) is 18.7. The standard InChI is InChI=1S/C19H20N2O3S3/c22-18-17(14-8-3-1-4-9-14)26-19(21(18)15-10-5-2-6-11-15)20-27(23,24)16-12-7-13-25-16/h1,3-4,7-9,12-13,15,17H,2,5-6,10-11H2/b20-19+. The highest BCUT2D eigenvalue weighted by molar-refractivity contribution is 8.15. The Kier molecular flexibility index (Phi) is 5.39. The zero-order valence-corrected chi connectivity index (χ0v) is 17.1. The quantitative estimate of drug-likeness (QED) is 0.733. The van der Waals surface area contributed by atoms with Crippen LogP contribution in [-0.4, -0.2) is 30.4 Å². The second-order valence-electron chi connectivity index (χ2n) is 6.69. The minimum absolute atomic E-state index is 0.0322. The third kappa shape index (κ3) is 3.83. The number of carbonyl (C=O) groups excluding carboxylic acids is 1. The molecule has 1 saturated carbocycles. The van der Waals surface area contributed by atoms with Gasteiger partial charge in [0.15, 0.2) is 5.17 Å². The Morgan fingerprint density at radius 3 is 2.41 bits per heavy atom. The van der Waals surface area contributed by atoms with E-state index in [0.29, 0.717) is 5.17 Å². The molecular formula is C19H20N2O3S3. The number of thiophene rings is 1. The molecule has 5 nitrogen and oxygen atoms in total. The van der Waals surface area contributed by atoms with Crippen LogP contribution in [0.2, 0.25) is 0 Å². The Balaban J connectivity index is 1.73. The van der Waals surface area contributed by atoms with Gasteiger partial charge in [0.25, 0.3) is 10.0 Å². The molecule has 4 rings (SSSR count). The van der Waals surface area contributed by atoms with Crippen molar-refractivity contribution in [1.29, 1.82) is 0 Å². The Labute approximate surface area is 167 Å². The number of amidine groups is 1. The Bertz CT molecular complexity index is 934. The molecule has 2 heterocycles. The number of thioether (sulfide) groups is 1. The molecule has 2 aliphatic rings. The number of hydrogen-bond acceptors (Lipinski definition) is 5. The smallest absolute Gasteiger partial charge is 0.286 e. The first-order chi connectivity index (χ1) is 13.1. The Hall–Kier alpha value is -1.64.